The first-order chi connectivity index (χ1) is 12.7. The molecule has 0 aliphatic carbocycles. The second-order valence-electron chi connectivity index (χ2n) is 6.54. The zero-order valence-electron chi connectivity index (χ0n) is 15.4. The molecule has 7 nitrogen and oxygen atoms in total. The molecular weight excluding hydrogens is 332 g/mol. The second-order valence-corrected chi connectivity index (χ2v) is 6.54. The quantitative estimate of drug-likeness (QED) is 0.806. The molecule has 0 radical (unpaired) electrons. The van der Waals surface area contributed by atoms with E-state index in [1.54, 1.807) is 25.3 Å². The minimum atomic E-state index is -0.313. The third-order valence-electron chi connectivity index (χ3n) is 4.99. The van der Waals surface area contributed by atoms with Gasteiger partial charge in [-0.15, -0.1) is 0 Å². The van der Waals surface area contributed by atoms with Gasteiger partial charge in [-0.25, -0.2) is 4.98 Å². The average molecular weight is 358 g/mol. The van der Waals surface area contributed by atoms with Gasteiger partial charge in [0, 0.05) is 19.7 Å². The number of nitrogens with zero attached hydrogens (tertiary/aromatic N) is 3. The van der Waals surface area contributed by atoms with Crippen LogP contribution in [-0.2, 0) is 11.3 Å². The summed E-state index contributed by atoms with van der Waals surface area (Å²) in [5, 5.41) is 3.48. The zero-order valence-corrected chi connectivity index (χ0v) is 15.4. The lowest BCUT2D eigenvalue weighted by Crippen LogP contribution is -2.42. The first-order valence-corrected chi connectivity index (χ1v) is 9.16. The Morgan fingerprint density at radius 2 is 2.19 bits per heavy atom. The normalized spacial score (nSPS) is 17.7. The molecule has 1 N–H and O–H groups in total. The number of amides is 1. The summed E-state index contributed by atoms with van der Waals surface area (Å²) >= 11 is 0. The minimum Gasteiger partial charge on any atom is -0.383 e. The van der Waals surface area contributed by atoms with Crippen molar-refractivity contribution in [1.82, 2.24) is 19.8 Å². The van der Waals surface area contributed by atoms with E-state index < -0.39 is 0 Å². The van der Waals surface area contributed by atoms with E-state index in [-0.39, 0.29) is 17.3 Å². The highest BCUT2D eigenvalue weighted by Gasteiger charge is 2.24. The van der Waals surface area contributed by atoms with Gasteiger partial charge in [0.2, 0.25) is 5.82 Å². The highest BCUT2D eigenvalue weighted by atomic mass is 16.5. The van der Waals surface area contributed by atoms with Gasteiger partial charge in [-0.3, -0.25) is 19.1 Å². The molecule has 0 spiro atoms. The number of carbonyl (C=O) groups excluding carboxylic acids is 1. The standard InChI is InChI=1S/C19H26N4O3/c1-3-22-10-6-7-14(22)13-20-18(24)17-21-16-9-5-4-8-15(16)19(25)23(17)11-12-26-2/h4-5,8-9,14H,3,6-7,10-13H2,1-2H3,(H,20,24)/t14-/m0/s1. The van der Waals surface area contributed by atoms with Crippen LogP contribution in [0.2, 0.25) is 0 Å². The van der Waals surface area contributed by atoms with Crippen LogP contribution in [0.25, 0.3) is 10.9 Å². The van der Waals surface area contributed by atoms with E-state index in [2.05, 4.69) is 22.1 Å². The number of nitrogens with one attached hydrogen (secondary N) is 1. The van der Waals surface area contributed by atoms with Crippen molar-refractivity contribution in [3.05, 3.63) is 40.4 Å². The second kappa shape index (κ2) is 8.42. The zero-order chi connectivity index (χ0) is 18.5. The number of aromatic nitrogens is 2. The lowest BCUT2D eigenvalue weighted by Gasteiger charge is -2.23. The lowest BCUT2D eigenvalue weighted by atomic mass is 10.2. The first kappa shape index (κ1) is 18.5. The van der Waals surface area contributed by atoms with Crippen LogP contribution in [0.4, 0.5) is 0 Å². The third-order valence-corrected chi connectivity index (χ3v) is 4.99. The number of likely N-dealkylation sites (tertiary alicyclic amines) is 1. The van der Waals surface area contributed by atoms with Gasteiger partial charge in [0.05, 0.1) is 24.1 Å². The monoisotopic (exact) mass is 358 g/mol. The van der Waals surface area contributed by atoms with Gasteiger partial charge >= 0.3 is 0 Å². The van der Waals surface area contributed by atoms with E-state index in [0.29, 0.717) is 36.6 Å². The van der Waals surface area contributed by atoms with E-state index in [4.69, 9.17) is 4.74 Å². The molecule has 0 saturated carbocycles. The maximum atomic E-state index is 12.8. The third kappa shape index (κ3) is 3.78. The molecule has 0 bridgehead atoms. The molecule has 7 heteroatoms. The van der Waals surface area contributed by atoms with E-state index >= 15 is 0 Å². The fraction of sp³-hybridized carbons (Fsp3) is 0.526. The summed E-state index contributed by atoms with van der Waals surface area (Å²) in [6, 6.07) is 7.44. The largest absolute Gasteiger partial charge is 0.383 e. The van der Waals surface area contributed by atoms with Crippen molar-refractivity contribution in [2.75, 3.05) is 33.4 Å². The number of fused-ring (bicyclic) bond motifs is 1. The maximum Gasteiger partial charge on any atom is 0.287 e. The van der Waals surface area contributed by atoms with E-state index in [1.165, 1.54) is 4.57 Å². The van der Waals surface area contributed by atoms with E-state index in [1.807, 2.05) is 6.07 Å². The Morgan fingerprint density at radius 1 is 1.38 bits per heavy atom. The predicted octanol–water partition coefficient (Wildman–Crippen LogP) is 1.26. The number of hydrogen-bond donors (Lipinski definition) is 1. The SMILES string of the molecule is CCN1CCC[C@H]1CNC(=O)c1nc2ccccc2c(=O)n1CCOC. The number of rotatable bonds is 7. The highest BCUT2D eigenvalue weighted by Crippen LogP contribution is 2.15. The van der Waals surface area contributed by atoms with Crippen molar-refractivity contribution in [2.24, 2.45) is 0 Å². The van der Waals surface area contributed by atoms with Crippen molar-refractivity contribution < 1.29 is 9.53 Å². The summed E-state index contributed by atoms with van der Waals surface area (Å²) in [6.45, 7) is 5.39. The molecule has 140 valence electrons. The molecule has 1 atom stereocenters. The Bertz CT molecular complexity index is 833. The molecule has 2 heterocycles. The Morgan fingerprint density at radius 3 is 2.96 bits per heavy atom. The molecule has 1 amide bonds. The lowest BCUT2D eigenvalue weighted by molar-refractivity contribution is 0.0921. The number of ether oxygens (including phenoxy) is 1. The van der Waals surface area contributed by atoms with Crippen molar-refractivity contribution in [3.63, 3.8) is 0 Å². The van der Waals surface area contributed by atoms with Crippen molar-refractivity contribution in [3.8, 4) is 0 Å². The van der Waals surface area contributed by atoms with Crippen LogP contribution in [0.3, 0.4) is 0 Å². The van der Waals surface area contributed by atoms with Gasteiger partial charge in [0.1, 0.15) is 0 Å². The molecule has 1 saturated heterocycles. The van der Waals surface area contributed by atoms with Gasteiger partial charge in [0.15, 0.2) is 0 Å². The maximum absolute atomic E-state index is 12.8. The molecular formula is C19H26N4O3. The van der Waals surface area contributed by atoms with E-state index in [9.17, 15) is 9.59 Å². The summed E-state index contributed by atoms with van der Waals surface area (Å²) < 4.78 is 6.50. The molecule has 2 aromatic rings. The van der Waals surface area contributed by atoms with Crippen molar-refractivity contribution in [1.29, 1.82) is 0 Å². The predicted molar refractivity (Wildman–Crippen MR) is 100 cm³/mol. The number of methoxy groups -OCH3 is 1. The minimum absolute atomic E-state index is 0.145. The van der Waals surface area contributed by atoms with Crippen LogP contribution in [0.5, 0.6) is 0 Å². The highest BCUT2D eigenvalue weighted by molar-refractivity contribution is 5.93. The Kier molecular flexibility index (Phi) is 6.00. The number of hydrogen-bond acceptors (Lipinski definition) is 5. The van der Waals surface area contributed by atoms with Crippen LogP contribution in [0, 0.1) is 0 Å². The van der Waals surface area contributed by atoms with Crippen LogP contribution in [0.1, 0.15) is 30.4 Å². The van der Waals surface area contributed by atoms with Gasteiger partial charge in [0.25, 0.3) is 11.5 Å². The molecule has 0 unspecified atom stereocenters. The smallest absolute Gasteiger partial charge is 0.287 e. The van der Waals surface area contributed by atoms with E-state index in [0.717, 1.165) is 25.9 Å². The van der Waals surface area contributed by atoms with Gasteiger partial charge < -0.3 is 10.1 Å². The molecule has 1 aliphatic rings. The molecule has 1 aliphatic heterocycles. The molecule has 1 aromatic carbocycles. The molecule has 1 aromatic heterocycles. The van der Waals surface area contributed by atoms with Gasteiger partial charge in [-0.1, -0.05) is 19.1 Å². The first-order valence-electron chi connectivity index (χ1n) is 9.16. The summed E-state index contributed by atoms with van der Waals surface area (Å²) in [6.07, 6.45) is 2.23. The summed E-state index contributed by atoms with van der Waals surface area (Å²) in [4.78, 5) is 32.4. The summed E-state index contributed by atoms with van der Waals surface area (Å²) in [5.41, 5.74) is 0.321. The Hall–Kier alpha value is -2.25. The van der Waals surface area contributed by atoms with Crippen molar-refractivity contribution >= 4 is 16.8 Å². The van der Waals surface area contributed by atoms with Crippen LogP contribution < -0.4 is 10.9 Å². The fourth-order valence-corrected chi connectivity index (χ4v) is 3.56. The Labute approximate surface area is 153 Å². The molecule has 26 heavy (non-hydrogen) atoms. The molecule has 1 fully saturated rings. The van der Waals surface area contributed by atoms with Crippen LogP contribution >= 0.6 is 0 Å². The van der Waals surface area contributed by atoms with Crippen LogP contribution in [0.15, 0.2) is 29.1 Å². The molecule has 3 rings (SSSR count). The fourth-order valence-electron chi connectivity index (χ4n) is 3.56. The summed E-state index contributed by atoms with van der Waals surface area (Å²) in [7, 11) is 1.57. The van der Waals surface area contributed by atoms with Crippen LogP contribution in [-0.4, -0.2) is 59.8 Å². The van der Waals surface area contributed by atoms with Gasteiger partial charge in [-0.2, -0.15) is 0 Å². The topological polar surface area (TPSA) is 76.5 Å². The van der Waals surface area contributed by atoms with Gasteiger partial charge in [-0.05, 0) is 38.1 Å². The number of para-hydroxylation sites is 1. The number of benzene rings is 1. The van der Waals surface area contributed by atoms with Crippen molar-refractivity contribution in [2.45, 2.75) is 32.4 Å². The number of carbonyl (C=O) groups is 1. The number of likely N-dealkylation sites (N-methyl/N-ethyl adjacent to an activating group) is 1. The summed E-state index contributed by atoms with van der Waals surface area (Å²) in [5.74, 6) is -0.168. The Balaban J connectivity index is 1.87. The average Bonchev–Trinajstić information content (AvgIpc) is 3.13.